The molecule has 0 saturated carbocycles. The Bertz CT molecular complexity index is 810. The van der Waals surface area contributed by atoms with Crippen LogP contribution in [0, 0.1) is 0 Å². The number of amides is 1. The zero-order chi connectivity index (χ0) is 20.1. The second-order valence-corrected chi connectivity index (χ2v) is 6.96. The first-order valence-electron chi connectivity index (χ1n) is 9.34. The lowest BCUT2D eigenvalue weighted by Gasteiger charge is -2.33. The number of aliphatic imine (C=N–C) groups is 1. The molecule has 0 spiro atoms. The summed E-state index contributed by atoms with van der Waals surface area (Å²) in [5.74, 6) is -0.554. The smallest absolute Gasteiger partial charge is 0.338 e. The summed E-state index contributed by atoms with van der Waals surface area (Å²) < 4.78 is 5.01. The van der Waals surface area contributed by atoms with E-state index >= 15 is 0 Å². The maximum Gasteiger partial charge on any atom is 0.338 e. The highest BCUT2D eigenvalue weighted by molar-refractivity contribution is 6.43. The number of benzene rings is 1. The van der Waals surface area contributed by atoms with Gasteiger partial charge in [0.15, 0.2) is 0 Å². The van der Waals surface area contributed by atoms with Gasteiger partial charge in [-0.25, -0.2) is 4.79 Å². The first-order chi connectivity index (χ1) is 13.5. The van der Waals surface area contributed by atoms with Gasteiger partial charge in [0, 0.05) is 37.4 Å². The average molecular weight is 383 g/mol. The van der Waals surface area contributed by atoms with Gasteiger partial charge in [-0.05, 0) is 36.6 Å². The Balaban J connectivity index is 1.50. The largest absolute Gasteiger partial charge is 0.457 e. The van der Waals surface area contributed by atoms with Crippen molar-refractivity contribution in [1.82, 2.24) is 10.2 Å². The second-order valence-electron chi connectivity index (χ2n) is 6.96. The zero-order valence-corrected chi connectivity index (χ0v) is 15.8. The van der Waals surface area contributed by atoms with Crippen LogP contribution < -0.4 is 5.32 Å². The van der Waals surface area contributed by atoms with Crippen molar-refractivity contribution in [3.63, 3.8) is 0 Å². The third-order valence-corrected chi connectivity index (χ3v) is 5.10. The molecule has 0 aliphatic carbocycles. The molecular formula is C21H25N3O4. The van der Waals surface area contributed by atoms with E-state index in [-0.39, 0.29) is 30.2 Å². The Morgan fingerprint density at radius 3 is 2.82 bits per heavy atom. The topological polar surface area (TPSA) is 91.2 Å². The number of aliphatic hydroxyl groups excluding tert-OH is 1. The van der Waals surface area contributed by atoms with Gasteiger partial charge in [-0.2, -0.15) is 0 Å². The second kappa shape index (κ2) is 8.95. The number of carbonyl (C=O) groups excluding carboxylic acids is 2. The molecule has 1 fully saturated rings. The molecule has 2 heterocycles. The number of cyclic esters (lactones) is 1. The highest BCUT2D eigenvalue weighted by Gasteiger charge is 2.25. The van der Waals surface area contributed by atoms with Crippen LogP contribution in [-0.4, -0.2) is 53.3 Å². The van der Waals surface area contributed by atoms with Gasteiger partial charge < -0.3 is 20.1 Å². The number of carbonyl (C=O) groups is 2. The van der Waals surface area contributed by atoms with Crippen LogP contribution in [0.4, 0.5) is 0 Å². The van der Waals surface area contributed by atoms with E-state index in [9.17, 15) is 14.7 Å². The number of nitrogens with one attached hydrogen (secondary N) is 1. The van der Waals surface area contributed by atoms with Crippen LogP contribution in [0.3, 0.4) is 0 Å². The van der Waals surface area contributed by atoms with Crippen molar-refractivity contribution in [3.8, 4) is 0 Å². The molecule has 1 aromatic rings. The minimum Gasteiger partial charge on any atom is -0.457 e. The number of esters is 1. The van der Waals surface area contributed by atoms with Crippen LogP contribution in [0.25, 0.3) is 0 Å². The minimum atomic E-state index is -0.640. The Kier molecular flexibility index (Phi) is 6.38. The van der Waals surface area contributed by atoms with Crippen molar-refractivity contribution in [1.29, 1.82) is 0 Å². The molecule has 1 saturated heterocycles. The normalized spacial score (nSPS) is 18.9. The van der Waals surface area contributed by atoms with Crippen molar-refractivity contribution in [2.45, 2.75) is 31.6 Å². The van der Waals surface area contributed by atoms with E-state index in [1.807, 2.05) is 6.07 Å². The summed E-state index contributed by atoms with van der Waals surface area (Å²) in [4.78, 5) is 29.7. The number of rotatable bonds is 7. The summed E-state index contributed by atoms with van der Waals surface area (Å²) in [6, 6.07) is 5.40. The van der Waals surface area contributed by atoms with Gasteiger partial charge in [-0.1, -0.05) is 19.2 Å². The Morgan fingerprint density at radius 1 is 1.39 bits per heavy atom. The number of β-amino-alcohol motifs (C(OH)–C–C–N with tert-alkyl or cyclic N) is 1. The van der Waals surface area contributed by atoms with Crippen LogP contribution in [0.5, 0.6) is 0 Å². The summed E-state index contributed by atoms with van der Waals surface area (Å²) in [7, 11) is 0. The van der Waals surface area contributed by atoms with E-state index in [0.29, 0.717) is 12.1 Å². The van der Waals surface area contributed by atoms with Crippen LogP contribution in [-0.2, 0) is 16.1 Å². The molecular weight excluding hydrogens is 358 g/mol. The Morgan fingerprint density at radius 2 is 2.14 bits per heavy atom. The van der Waals surface area contributed by atoms with Gasteiger partial charge in [0.1, 0.15) is 12.3 Å². The molecule has 7 heteroatoms. The molecule has 0 bridgehead atoms. The molecule has 7 nitrogen and oxygen atoms in total. The summed E-state index contributed by atoms with van der Waals surface area (Å²) in [5.41, 5.74) is 2.43. The van der Waals surface area contributed by atoms with Gasteiger partial charge >= 0.3 is 5.97 Å². The number of nitrogens with zero attached hydrogens (tertiary/aromatic N) is 2. The van der Waals surface area contributed by atoms with Gasteiger partial charge in [0.25, 0.3) is 5.91 Å². The van der Waals surface area contributed by atoms with Gasteiger partial charge in [0.2, 0.25) is 0 Å². The molecule has 1 amide bonds. The average Bonchev–Trinajstić information content (AvgIpc) is 3.07. The number of piperidine rings is 1. The van der Waals surface area contributed by atoms with Gasteiger partial charge in [-0.15, -0.1) is 0 Å². The number of aliphatic hydroxyl groups is 1. The molecule has 1 unspecified atom stereocenters. The van der Waals surface area contributed by atoms with E-state index in [1.165, 1.54) is 12.3 Å². The SMILES string of the molecule is C=C/N=C(\C=C)C(=O)NC1CCN(CC(O)c2ccc3c(c2)COC3=O)CC1. The fourth-order valence-corrected chi connectivity index (χ4v) is 3.53. The van der Waals surface area contributed by atoms with E-state index < -0.39 is 6.10 Å². The molecule has 0 radical (unpaired) electrons. The number of ether oxygens (including phenoxy) is 1. The quantitative estimate of drug-likeness (QED) is 0.553. The Labute approximate surface area is 164 Å². The third kappa shape index (κ3) is 4.55. The van der Waals surface area contributed by atoms with Crippen LogP contribution >= 0.6 is 0 Å². The first kappa shape index (κ1) is 20.0. The van der Waals surface area contributed by atoms with Crippen molar-refractivity contribution in [2.75, 3.05) is 19.6 Å². The number of likely N-dealkylation sites (tertiary alicyclic amines) is 1. The summed E-state index contributed by atoms with van der Waals surface area (Å²) >= 11 is 0. The highest BCUT2D eigenvalue weighted by atomic mass is 16.5. The third-order valence-electron chi connectivity index (χ3n) is 5.10. The maximum absolute atomic E-state index is 12.1. The van der Waals surface area contributed by atoms with Crippen LogP contribution in [0.15, 0.2) is 48.6 Å². The molecule has 2 aliphatic rings. The monoisotopic (exact) mass is 383 g/mol. The minimum absolute atomic E-state index is 0.0685. The number of hydrogen-bond acceptors (Lipinski definition) is 6. The van der Waals surface area contributed by atoms with E-state index in [4.69, 9.17) is 4.74 Å². The fraction of sp³-hybridized carbons (Fsp3) is 0.381. The summed E-state index contributed by atoms with van der Waals surface area (Å²) in [5, 5.41) is 13.5. The van der Waals surface area contributed by atoms with E-state index in [0.717, 1.165) is 37.1 Å². The van der Waals surface area contributed by atoms with Gasteiger partial charge in [-0.3, -0.25) is 9.79 Å². The van der Waals surface area contributed by atoms with E-state index in [1.54, 1.807) is 12.1 Å². The first-order valence-corrected chi connectivity index (χ1v) is 9.34. The molecule has 28 heavy (non-hydrogen) atoms. The highest BCUT2D eigenvalue weighted by Crippen LogP contribution is 2.25. The van der Waals surface area contributed by atoms with Crippen molar-refractivity contribution < 1.29 is 19.4 Å². The standard InChI is InChI=1S/C21H25N3O4/c1-3-18(22-4-2)20(26)23-16-7-9-24(10-8-16)12-19(25)14-5-6-17-15(11-14)13-28-21(17)27/h3-6,11,16,19,25H,1-2,7-10,12-13H2,(H,23,26)/b22-18+. The predicted octanol–water partition coefficient (Wildman–Crippen LogP) is 1.74. The van der Waals surface area contributed by atoms with E-state index in [2.05, 4.69) is 28.4 Å². The molecule has 2 N–H and O–H groups in total. The summed E-state index contributed by atoms with van der Waals surface area (Å²) in [6.07, 6.45) is 3.69. The van der Waals surface area contributed by atoms with Crippen molar-refractivity contribution in [3.05, 3.63) is 60.3 Å². The predicted molar refractivity (Wildman–Crippen MR) is 106 cm³/mol. The lowest BCUT2D eigenvalue weighted by molar-refractivity contribution is -0.115. The Hall–Kier alpha value is -2.77. The lowest BCUT2D eigenvalue weighted by atomic mass is 10.0. The van der Waals surface area contributed by atoms with Crippen LogP contribution in [0.2, 0.25) is 0 Å². The van der Waals surface area contributed by atoms with Crippen molar-refractivity contribution >= 4 is 17.6 Å². The molecule has 1 aromatic carbocycles. The molecule has 1 atom stereocenters. The van der Waals surface area contributed by atoms with Crippen molar-refractivity contribution in [2.24, 2.45) is 4.99 Å². The molecule has 2 aliphatic heterocycles. The zero-order valence-electron chi connectivity index (χ0n) is 15.8. The van der Waals surface area contributed by atoms with Crippen LogP contribution in [0.1, 0.15) is 40.4 Å². The summed E-state index contributed by atoms with van der Waals surface area (Å²) in [6.45, 7) is 9.40. The number of hydrogen-bond donors (Lipinski definition) is 2. The maximum atomic E-state index is 12.1. The lowest BCUT2D eigenvalue weighted by Crippen LogP contribution is -2.47. The molecule has 148 valence electrons. The number of fused-ring (bicyclic) bond motifs is 1. The fourth-order valence-electron chi connectivity index (χ4n) is 3.53. The molecule has 3 rings (SSSR count). The molecule has 0 aromatic heterocycles. The van der Waals surface area contributed by atoms with Gasteiger partial charge in [0.05, 0.1) is 11.7 Å².